The highest BCUT2D eigenvalue weighted by Crippen LogP contribution is 2.50. The van der Waals surface area contributed by atoms with E-state index >= 15 is 14.4 Å². The van der Waals surface area contributed by atoms with Gasteiger partial charge in [0.25, 0.3) is 0 Å². The van der Waals surface area contributed by atoms with E-state index < -0.39 is 237 Å². The van der Waals surface area contributed by atoms with Crippen molar-refractivity contribution in [2.75, 3.05) is 13.7 Å². The van der Waals surface area contributed by atoms with Crippen LogP contribution in [-0.2, 0) is 52.6 Å². The lowest BCUT2D eigenvalue weighted by Crippen LogP contribution is -2.64. The number of carbonyl (C=O) groups excluding carboxylic acids is 7. The molecule has 7 aliphatic heterocycles. The van der Waals surface area contributed by atoms with Gasteiger partial charge >= 0.3 is 5.97 Å². The number of aliphatic carboxylic acids is 1. The normalized spacial score (nSPS) is 29.4. The summed E-state index contributed by atoms with van der Waals surface area (Å²) in [4.78, 5) is 117. The van der Waals surface area contributed by atoms with Crippen molar-refractivity contribution < 1.29 is 118 Å². The number of benzene rings is 5. The van der Waals surface area contributed by atoms with E-state index in [9.17, 15) is 75.0 Å². The summed E-state index contributed by atoms with van der Waals surface area (Å²) in [7, 11) is 1.47. The Morgan fingerprint density at radius 3 is 1.90 bits per heavy atom. The molecule has 101 heavy (non-hydrogen) atoms. The van der Waals surface area contributed by atoms with Gasteiger partial charge in [0, 0.05) is 34.7 Å². The summed E-state index contributed by atoms with van der Waals surface area (Å²) in [6.45, 7) is 5.66. The van der Waals surface area contributed by atoms with Gasteiger partial charge in [-0.1, -0.05) is 55.2 Å². The standard InChI is InChI=1S/C66H75Cl2N9O24/c1-23(2)12-34(71-5)58(88)76-49-51(83)26-7-10-38(32(67)14-26)97-40-16-28-17-41(55(40)101-65-56(54(86)53(85)42(22-78)99-65)100-44-21-66(4,70)57(87)24(3)96-44)98-39-11-8-27(15-33(39)68)52(84)50-63(93)75-48(64(94)95)31-18-29(79)19-37(81)45(31)30-13-25(6-9-36(30)80)46(60(90)77-50)74-61(91)47(28)73-59(89)35(20-43(69)82)72-62(49)92/h6-11,13-19,23-24,34-35,42,44,46-54,56-57,65,71,78-81,83-87H,12,20-22,70H2,1-5H3,(H2,69,82)(H,72,92)(H,73,89)(H,74,91)(H,75,93)(H,76,88)(H,77,90)(H,94,95)/t24?,34-,35+,42?,44?,46-,47-,48-,49+,50+,51-,52-,53-,54?,56?,57?,65-,66?/m1/s1. The van der Waals surface area contributed by atoms with Crippen LogP contribution in [0.25, 0.3) is 11.1 Å². The van der Waals surface area contributed by atoms with Gasteiger partial charge in [0.2, 0.25) is 53.4 Å². The molecule has 0 radical (unpaired) electrons. The SMILES string of the molecule is CN[C@H](CC(C)C)C(=O)N[C@@H]1C(=O)N[C@@H](CC(N)=O)C(=O)N[C@H]2C(=O)N[C@H]3C(=O)N[C@H](C(=O)N[C@@H](C(=O)O)c4cc(O)cc(O)c4-c4cc3ccc4O)[C@H](O)c3ccc(c(Cl)c3)Oc3cc2cc(c3O[C@H]2OC(CO)[C@@H](O)C(O)C2OC2CC(C)(N)C(O)C(C)O2)Oc2ccc(cc2Cl)[C@H]1O. The minimum atomic E-state index is -2.35. The summed E-state index contributed by atoms with van der Waals surface area (Å²) in [6.07, 6.45) is -18.6. The number of fused-ring (bicyclic) bond motifs is 15. The lowest BCUT2D eigenvalue weighted by Gasteiger charge is -2.47. The molecule has 2 saturated heterocycles. The maximum Gasteiger partial charge on any atom is 0.330 e. The van der Waals surface area contributed by atoms with Gasteiger partial charge in [-0.3, -0.25) is 33.6 Å². The summed E-state index contributed by atoms with van der Waals surface area (Å²) in [6, 6.07) is -0.679. The predicted molar refractivity (Wildman–Crippen MR) is 349 cm³/mol. The van der Waals surface area contributed by atoms with E-state index in [2.05, 4.69) is 37.2 Å². The van der Waals surface area contributed by atoms with Crippen molar-refractivity contribution in [1.29, 1.82) is 0 Å². The van der Waals surface area contributed by atoms with Crippen molar-refractivity contribution in [1.82, 2.24) is 37.2 Å². The van der Waals surface area contributed by atoms with E-state index in [1.54, 1.807) is 0 Å². The van der Waals surface area contributed by atoms with Crippen LogP contribution >= 0.6 is 23.2 Å². The number of carboxylic acids is 1. The van der Waals surface area contributed by atoms with Crippen LogP contribution in [0.5, 0.6) is 46.0 Å². The Morgan fingerprint density at radius 2 is 1.32 bits per heavy atom. The molecule has 12 rings (SSSR count). The van der Waals surface area contributed by atoms with Crippen molar-refractivity contribution in [2.24, 2.45) is 17.4 Å². The van der Waals surface area contributed by atoms with Crippen LogP contribution in [0.1, 0.15) is 105 Å². The zero-order chi connectivity index (χ0) is 73.5. The number of nitrogens with one attached hydrogen (secondary N) is 7. The predicted octanol–water partition coefficient (Wildman–Crippen LogP) is 0.106. The van der Waals surface area contributed by atoms with Gasteiger partial charge in [-0.15, -0.1) is 0 Å². The highest BCUT2D eigenvalue weighted by molar-refractivity contribution is 6.32. The van der Waals surface area contributed by atoms with Gasteiger partial charge in [0.1, 0.15) is 89.5 Å². The first-order chi connectivity index (χ1) is 47.7. The highest BCUT2D eigenvalue weighted by atomic mass is 35.5. The molecular weight excluding hydrogens is 1370 g/mol. The second-order valence-electron chi connectivity index (χ2n) is 25.7. The number of aliphatic hydroxyl groups excluding tert-OH is 6. The Kier molecular flexibility index (Phi) is 22.2. The number of phenols is 3. The number of carboxylic acid groups (broad SMARTS) is 1. The molecule has 7 amide bonds. The van der Waals surface area contributed by atoms with Crippen molar-refractivity contribution in [3.05, 3.63) is 117 Å². The van der Waals surface area contributed by atoms with Crippen LogP contribution in [0.2, 0.25) is 10.0 Å². The van der Waals surface area contributed by atoms with Crippen molar-refractivity contribution in [3.8, 4) is 57.1 Å². The maximum absolute atomic E-state index is 16.0. The molecule has 21 N–H and O–H groups in total. The van der Waals surface area contributed by atoms with Crippen LogP contribution in [0.4, 0.5) is 0 Å². The van der Waals surface area contributed by atoms with Crippen molar-refractivity contribution >= 4 is 70.5 Å². The smallest absolute Gasteiger partial charge is 0.330 e. The van der Waals surface area contributed by atoms with Crippen LogP contribution < -0.4 is 62.9 Å². The van der Waals surface area contributed by atoms with Gasteiger partial charge in [-0.25, -0.2) is 4.79 Å². The highest BCUT2D eigenvalue weighted by Gasteiger charge is 2.51. The number of rotatable bonds is 13. The first-order valence-electron chi connectivity index (χ1n) is 31.6. The first-order valence-corrected chi connectivity index (χ1v) is 32.4. The molecule has 33 nitrogen and oxygen atoms in total. The lowest BCUT2D eigenvalue weighted by atomic mass is 9.86. The van der Waals surface area contributed by atoms with E-state index in [1.807, 2.05) is 13.8 Å². The molecule has 0 spiro atoms. The van der Waals surface area contributed by atoms with Gasteiger partial charge in [-0.2, -0.15) is 0 Å². The Bertz CT molecular complexity index is 4070. The third kappa shape index (κ3) is 15.8. The molecule has 2 fully saturated rings. The average Bonchev–Trinajstić information content (AvgIpc) is 0.775. The second-order valence-corrected chi connectivity index (χ2v) is 26.5. The molecule has 0 aliphatic carbocycles. The first kappa shape index (κ1) is 74.5. The Labute approximate surface area is 584 Å². The number of amides is 7. The van der Waals surface area contributed by atoms with E-state index in [0.717, 1.165) is 66.7 Å². The number of halogens is 2. The number of aliphatic hydroxyl groups is 6. The lowest BCUT2D eigenvalue weighted by molar-refractivity contribution is -0.333. The quantitative estimate of drug-likeness (QED) is 0.0743. The van der Waals surface area contributed by atoms with E-state index in [0.29, 0.717) is 0 Å². The Hall–Kier alpha value is -9.20. The Morgan fingerprint density at radius 1 is 0.713 bits per heavy atom. The summed E-state index contributed by atoms with van der Waals surface area (Å²) in [5.41, 5.74) is 8.00. The zero-order valence-electron chi connectivity index (χ0n) is 54.3. The number of ether oxygens (including phenoxy) is 6. The number of likely N-dealkylation sites (N-methyl/N-ethyl adjacent to an activating group) is 1. The third-order valence-corrected chi connectivity index (χ3v) is 18.4. The fourth-order valence-electron chi connectivity index (χ4n) is 12.5. The molecule has 542 valence electrons. The number of primary amides is 1. The minimum Gasteiger partial charge on any atom is -0.508 e. The summed E-state index contributed by atoms with van der Waals surface area (Å²) in [5, 5.41) is 131. The number of carbonyl (C=O) groups is 8. The topological polar surface area (TPSA) is 530 Å². The van der Waals surface area contributed by atoms with Crippen LogP contribution in [0.3, 0.4) is 0 Å². The fourth-order valence-corrected chi connectivity index (χ4v) is 12.9. The fraction of sp³-hybridized carbons (Fsp3) is 0.424. The van der Waals surface area contributed by atoms with Crippen molar-refractivity contribution in [2.45, 2.75) is 156 Å². The molecule has 35 heteroatoms. The molecule has 5 aromatic rings. The molecule has 7 heterocycles. The van der Waals surface area contributed by atoms with Gasteiger partial charge in [0.15, 0.2) is 29.9 Å². The van der Waals surface area contributed by atoms with E-state index in [4.69, 9.17) is 63.1 Å². The molecule has 11 bridgehead atoms. The molecule has 0 aromatic heterocycles. The monoisotopic (exact) mass is 1450 g/mol. The van der Waals surface area contributed by atoms with E-state index in [-0.39, 0.29) is 46.2 Å². The number of nitrogens with two attached hydrogens (primary N) is 2. The van der Waals surface area contributed by atoms with E-state index in [1.165, 1.54) is 33.0 Å². The number of hydrogen-bond donors (Lipinski definition) is 19. The summed E-state index contributed by atoms with van der Waals surface area (Å²) in [5.74, 6) is -16.0. The summed E-state index contributed by atoms with van der Waals surface area (Å²) >= 11 is 14.1. The minimum absolute atomic E-state index is 0.0975. The third-order valence-electron chi connectivity index (χ3n) is 17.8. The zero-order valence-corrected chi connectivity index (χ0v) is 55.8. The average molecular weight is 1450 g/mol. The largest absolute Gasteiger partial charge is 0.508 e. The molecular formula is C66H75Cl2N9O24. The number of aromatic hydroxyl groups is 3. The van der Waals surface area contributed by atoms with Gasteiger partial charge in [0.05, 0.1) is 41.3 Å². The molecule has 7 aliphatic rings. The van der Waals surface area contributed by atoms with Crippen LogP contribution in [-0.4, -0.2) is 191 Å². The molecule has 7 unspecified atom stereocenters. The number of hydrogen-bond acceptors (Lipinski definition) is 25. The molecule has 18 atom stereocenters. The second kappa shape index (κ2) is 30.2. The maximum atomic E-state index is 16.0. The van der Waals surface area contributed by atoms with Crippen LogP contribution in [0, 0.1) is 5.92 Å². The molecule has 5 aromatic carbocycles. The van der Waals surface area contributed by atoms with Crippen molar-refractivity contribution in [3.63, 3.8) is 0 Å². The van der Waals surface area contributed by atoms with Crippen LogP contribution in [0.15, 0.2) is 78.9 Å². The van der Waals surface area contributed by atoms with Gasteiger partial charge in [-0.05, 0) is 110 Å². The number of phenolic OH excluding ortho intramolecular Hbond substituents is 3. The summed E-state index contributed by atoms with van der Waals surface area (Å²) < 4.78 is 38.3. The Balaban J connectivity index is 1.24. The van der Waals surface area contributed by atoms with Gasteiger partial charge < -0.3 is 128 Å². The molecule has 0 saturated carbocycles.